The van der Waals surface area contributed by atoms with Crippen LogP contribution in [0.5, 0.6) is 0 Å². The smallest absolute Gasteiger partial charge is 0.233 e. The third kappa shape index (κ3) is 6.18. The molecular formula is C15H30N2O2S. The van der Waals surface area contributed by atoms with Crippen molar-refractivity contribution < 1.29 is 9.53 Å². The summed E-state index contributed by atoms with van der Waals surface area (Å²) in [5.74, 6) is 0.000409. The summed E-state index contributed by atoms with van der Waals surface area (Å²) in [5.41, 5.74) is 5.21. The number of hydrogen-bond acceptors (Lipinski definition) is 3. The zero-order chi connectivity index (χ0) is 15.4. The van der Waals surface area contributed by atoms with E-state index in [2.05, 4.69) is 19.2 Å². The van der Waals surface area contributed by atoms with Gasteiger partial charge in [0.25, 0.3) is 0 Å². The van der Waals surface area contributed by atoms with E-state index in [-0.39, 0.29) is 5.91 Å². The van der Waals surface area contributed by atoms with Crippen LogP contribution >= 0.6 is 12.2 Å². The lowest BCUT2D eigenvalue weighted by atomic mass is 9.78. The van der Waals surface area contributed by atoms with Gasteiger partial charge in [0.05, 0.1) is 10.4 Å². The largest absolute Gasteiger partial charge is 0.392 e. The molecule has 0 bridgehead atoms. The van der Waals surface area contributed by atoms with Gasteiger partial charge in [-0.1, -0.05) is 38.9 Å². The maximum Gasteiger partial charge on any atom is 0.233 e. The normalized spacial score (nSPS) is 11.3. The summed E-state index contributed by atoms with van der Waals surface area (Å²) in [6.45, 7) is 5.57. The van der Waals surface area contributed by atoms with Crippen molar-refractivity contribution in [1.82, 2.24) is 5.32 Å². The molecule has 0 fully saturated rings. The highest BCUT2D eigenvalue weighted by atomic mass is 32.1. The minimum absolute atomic E-state index is 0.000409. The first kappa shape index (κ1) is 19.3. The van der Waals surface area contributed by atoms with Gasteiger partial charge in [-0.25, -0.2) is 0 Å². The molecular weight excluding hydrogens is 272 g/mol. The Labute approximate surface area is 128 Å². The summed E-state index contributed by atoms with van der Waals surface area (Å²) in [6, 6.07) is 0. The minimum atomic E-state index is -0.661. The standard InChI is InChI=1S/C15H30N2O2S/c1-4-9-15(10-5-2,13(16)20)14(18)17-11-7-6-8-12-19-3/h4-12H2,1-3H3,(H2,16,20)(H,17,18). The maximum atomic E-state index is 12.5. The molecule has 0 aromatic carbocycles. The Morgan fingerprint density at radius 1 is 1.20 bits per heavy atom. The molecule has 3 N–H and O–H groups in total. The van der Waals surface area contributed by atoms with Crippen LogP contribution in [0.1, 0.15) is 58.8 Å². The number of carbonyl (C=O) groups excluding carboxylic acids is 1. The molecule has 5 heteroatoms. The van der Waals surface area contributed by atoms with Gasteiger partial charge in [-0.15, -0.1) is 0 Å². The molecule has 4 nitrogen and oxygen atoms in total. The minimum Gasteiger partial charge on any atom is -0.392 e. The van der Waals surface area contributed by atoms with Gasteiger partial charge >= 0.3 is 0 Å². The number of carbonyl (C=O) groups is 1. The number of hydrogen-bond donors (Lipinski definition) is 2. The lowest BCUT2D eigenvalue weighted by Crippen LogP contribution is -2.49. The number of unbranched alkanes of at least 4 members (excludes halogenated alkanes) is 2. The Kier molecular flexibility index (Phi) is 10.7. The van der Waals surface area contributed by atoms with Crippen molar-refractivity contribution in [2.24, 2.45) is 11.1 Å². The molecule has 0 radical (unpaired) electrons. The predicted octanol–water partition coefficient (Wildman–Crippen LogP) is 2.79. The first-order valence-electron chi connectivity index (χ1n) is 7.62. The number of nitrogens with two attached hydrogens (primary N) is 1. The van der Waals surface area contributed by atoms with Crippen molar-refractivity contribution in [2.45, 2.75) is 58.8 Å². The number of ether oxygens (including phenoxy) is 1. The molecule has 0 atom stereocenters. The summed E-state index contributed by atoms with van der Waals surface area (Å²) in [6.07, 6.45) is 6.29. The zero-order valence-corrected chi connectivity index (χ0v) is 14.0. The summed E-state index contributed by atoms with van der Waals surface area (Å²) >= 11 is 5.17. The van der Waals surface area contributed by atoms with Gasteiger partial charge < -0.3 is 15.8 Å². The van der Waals surface area contributed by atoms with Gasteiger partial charge in [0.1, 0.15) is 0 Å². The van der Waals surface area contributed by atoms with E-state index in [0.29, 0.717) is 11.5 Å². The lowest BCUT2D eigenvalue weighted by molar-refractivity contribution is -0.128. The van der Waals surface area contributed by atoms with Gasteiger partial charge in [0.15, 0.2) is 0 Å². The Morgan fingerprint density at radius 3 is 2.25 bits per heavy atom. The van der Waals surface area contributed by atoms with E-state index in [0.717, 1.165) is 51.6 Å². The Morgan fingerprint density at radius 2 is 1.80 bits per heavy atom. The van der Waals surface area contributed by atoms with Crippen LogP contribution in [0.15, 0.2) is 0 Å². The van der Waals surface area contributed by atoms with Gasteiger partial charge in [-0.05, 0) is 32.1 Å². The second-order valence-corrected chi connectivity index (χ2v) is 5.70. The van der Waals surface area contributed by atoms with Crippen LogP contribution in [-0.2, 0) is 9.53 Å². The fourth-order valence-electron chi connectivity index (χ4n) is 2.48. The van der Waals surface area contributed by atoms with E-state index in [1.165, 1.54) is 0 Å². The van der Waals surface area contributed by atoms with Gasteiger partial charge in [-0.2, -0.15) is 0 Å². The van der Waals surface area contributed by atoms with Crippen molar-refractivity contribution in [2.75, 3.05) is 20.3 Å². The van der Waals surface area contributed by atoms with Crippen molar-refractivity contribution >= 4 is 23.1 Å². The fourth-order valence-corrected chi connectivity index (χ4v) is 2.78. The number of rotatable bonds is 12. The van der Waals surface area contributed by atoms with Crippen molar-refractivity contribution in [1.29, 1.82) is 0 Å². The van der Waals surface area contributed by atoms with Crippen LogP contribution in [0, 0.1) is 5.41 Å². The van der Waals surface area contributed by atoms with Crippen molar-refractivity contribution in [3.05, 3.63) is 0 Å². The molecule has 0 aromatic heterocycles. The molecule has 0 aromatic rings. The molecule has 0 spiro atoms. The Bertz CT molecular complexity index is 290. The average molecular weight is 302 g/mol. The highest BCUT2D eigenvalue weighted by Crippen LogP contribution is 2.30. The van der Waals surface area contributed by atoms with Crippen LogP contribution in [0.25, 0.3) is 0 Å². The van der Waals surface area contributed by atoms with Crippen LogP contribution in [0.4, 0.5) is 0 Å². The van der Waals surface area contributed by atoms with Gasteiger partial charge in [0, 0.05) is 20.3 Å². The highest BCUT2D eigenvalue weighted by molar-refractivity contribution is 7.80. The van der Waals surface area contributed by atoms with Crippen LogP contribution in [-0.4, -0.2) is 31.2 Å². The first-order chi connectivity index (χ1) is 9.55. The molecule has 0 rings (SSSR count). The average Bonchev–Trinajstić information content (AvgIpc) is 2.41. The molecule has 0 heterocycles. The molecule has 0 saturated heterocycles. The molecule has 0 aliphatic rings. The number of nitrogens with one attached hydrogen (secondary N) is 1. The van der Waals surface area contributed by atoms with Crippen LogP contribution < -0.4 is 11.1 Å². The first-order valence-corrected chi connectivity index (χ1v) is 8.03. The number of amides is 1. The van der Waals surface area contributed by atoms with Gasteiger partial charge in [-0.3, -0.25) is 4.79 Å². The number of thiocarbonyl (C=S) groups is 1. The van der Waals surface area contributed by atoms with E-state index in [9.17, 15) is 4.79 Å². The molecule has 20 heavy (non-hydrogen) atoms. The van der Waals surface area contributed by atoms with E-state index in [1.807, 2.05) is 0 Å². The Hall–Kier alpha value is -0.680. The van der Waals surface area contributed by atoms with Crippen molar-refractivity contribution in [3.63, 3.8) is 0 Å². The maximum absolute atomic E-state index is 12.5. The number of methoxy groups -OCH3 is 1. The van der Waals surface area contributed by atoms with Gasteiger partial charge in [0.2, 0.25) is 5.91 Å². The summed E-state index contributed by atoms with van der Waals surface area (Å²) in [5, 5.41) is 3.00. The molecule has 118 valence electrons. The summed E-state index contributed by atoms with van der Waals surface area (Å²) < 4.78 is 5.00. The zero-order valence-electron chi connectivity index (χ0n) is 13.2. The third-order valence-corrected chi connectivity index (χ3v) is 3.96. The van der Waals surface area contributed by atoms with Crippen LogP contribution in [0.2, 0.25) is 0 Å². The van der Waals surface area contributed by atoms with Crippen molar-refractivity contribution in [3.8, 4) is 0 Å². The molecule has 0 unspecified atom stereocenters. The fraction of sp³-hybridized carbons (Fsp3) is 0.867. The predicted molar refractivity (Wildman–Crippen MR) is 87.8 cm³/mol. The van der Waals surface area contributed by atoms with E-state index in [1.54, 1.807) is 7.11 Å². The highest BCUT2D eigenvalue weighted by Gasteiger charge is 2.39. The van der Waals surface area contributed by atoms with E-state index in [4.69, 9.17) is 22.7 Å². The summed E-state index contributed by atoms with van der Waals surface area (Å²) in [7, 11) is 1.70. The second-order valence-electron chi connectivity index (χ2n) is 5.26. The van der Waals surface area contributed by atoms with Crippen LogP contribution in [0.3, 0.4) is 0 Å². The lowest BCUT2D eigenvalue weighted by Gasteiger charge is -2.31. The molecule has 0 saturated carbocycles. The molecule has 1 amide bonds. The Balaban J connectivity index is 4.37. The topological polar surface area (TPSA) is 64.3 Å². The van der Waals surface area contributed by atoms with E-state index >= 15 is 0 Å². The molecule has 0 aliphatic heterocycles. The summed E-state index contributed by atoms with van der Waals surface area (Å²) in [4.78, 5) is 12.8. The second kappa shape index (κ2) is 11.0. The third-order valence-electron chi connectivity index (χ3n) is 3.57. The van der Waals surface area contributed by atoms with E-state index < -0.39 is 5.41 Å². The quantitative estimate of drug-likeness (QED) is 0.430. The SMILES string of the molecule is CCCC(CCC)(C(=O)NCCCCCOC)C(N)=S. The monoisotopic (exact) mass is 302 g/mol. The molecule has 0 aliphatic carbocycles.